The van der Waals surface area contributed by atoms with E-state index in [1.54, 1.807) is 12.3 Å². The summed E-state index contributed by atoms with van der Waals surface area (Å²) in [6.45, 7) is 0. The summed E-state index contributed by atoms with van der Waals surface area (Å²) in [5, 5.41) is 13.6. The van der Waals surface area contributed by atoms with Crippen LogP contribution in [-0.4, -0.2) is 35.0 Å². The van der Waals surface area contributed by atoms with Crippen LogP contribution in [0.4, 0.5) is 0 Å². The third kappa shape index (κ3) is 3.51. The van der Waals surface area contributed by atoms with Gasteiger partial charge in [0.2, 0.25) is 0 Å². The minimum atomic E-state index is -3.52. The van der Waals surface area contributed by atoms with Gasteiger partial charge in [0, 0.05) is 23.0 Å². The largest absolute Gasteiger partial charge is 0.481 e. The van der Waals surface area contributed by atoms with Crippen LogP contribution in [0.2, 0.25) is 0 Å². The summed E-state index contributed by atoms with van der Waals surface area (Å²) < 4.78 is 26.4. The number of hydrogen-bond donors (Lipinski definition) is 1. The number of carboxylic acid groups (broad SMARTS) is 1. The molecule has 0 unspecified atom stereocenters. The van der Waals surface area contributed by atoms with E-state index in [1.165, 1.54) is 11.3 Å². The van der Waals surface area contributed by atoms with Crippen LogP contribution in [0.5, 0.6) is 0 Å². The Kier molecular flexibility index (Phi) is 5.08. The van der Waals surface area contributed by atoms with E-state index in [4.69, 9.17) is 0 Å². The van der Waals surface area contributed by atoms with Gasteiger partial charge in [-0.15, -0.1) is 11.3 Å². The number of benzene rings is 1. The number of carboxylic acids is 1. The van der Waals surface area contributed by atoms with Crippen molar-refractivity contribution >= 4 is 27.1 Å². The van der Waals surface area contributed by atoms with Crippen molar-refractivity contribution in [2.45, 2.75) is 30.4 Å². The van der Waals surface area contributed by atoms with Crippen LogP contribution in [0.15, 0.2) is 48.7 Å². The second-order valence-electron chi connectivity index (χ2n) is 7.42. The predicted molar refractivity (Wildman–Crippen MR) is 114 cm³/mol. The highest BCUT2D eigenvalue weighted by molar-refractivity contribution is 7.92. The van der Waals surface area contributed by atoms with E-state index in [0.717, 1.165) is 28.1 Å². The standard InChI is InChI=1S/C21H22N2O4S2/c1-23-17(10-12-22-23)15-4-6-16(7-5-15)18-8-9-19(28-18)21(14-20(24)25)11-2-3-13-29(21,26)27/h4-10,12H,2-3,11,13-14H2,1H3,(H,24,25)/t21-/m0/s1. The number of aliphatic carboxylic acids is 1. The highest BCUT2D eigenvalue weighted by Crippen LogP contribution is 2.47. The Bertz CT molecular complexity index is 1150. The zero-order chi connectivity index (χ0) is 20.6. The van der Waals surface area contributed by atoms with Gasteiger partial charge in [-0.25, -0.2) is 8.42 Å². The van der Waals surface area contributed by atoms with E-state index in [9.17, 15) is 18.3 Å². The van der Waals surface area contributed by atoms with Crippen molar-refractivity contribution < 1.29 is 18.3 Å². The van der Waals surface area contributed by atoms with Gasteiger partial charge >= 0.3 is 5.97 Å². The zero-order valence-corrected chi connectivity index (χ0v) is 17.7. The molecule has 8 heteroatoms. The van der Waals surface area contributed by atoms with Crippen molar-refractivity contribution in [3.63, 3.8) is 0 Å². The van der Waals surface area contributed by atoms with Crippen LogP contribution < -0.4 is 0 Å². The molecule has 0 saturated carbocycles. The second kappa shape index (κ2) is 7.42. The quantitative estimate of drug-likeness (QED) is 0.659. The number of sulfone groups is 1. The Labute approximate surface area is 173 Å². The number of rotatable bonds is 5. The Balaban J connectivity index is 1.70. The van der Waals surface area contributed by atoms with Gasteiger partial charge in [0.25, 0.3) is 0 Å². The predicted octanol–water partition coefficient (Wildman–Crippen LogP) is 4.08. The third-order valence-electron chi connectivity index (χ3n) is 5.62. The van der Waals surface area contributed by atoms with Gasteiger partial charge in [-0.3, -0.25) is 9.48 Å². The van der Waals surface area contributed by atoms with E-state index in [-0.39, 0.29) is 12.2 Å². The smallest absolute Gasteiger partial charge is 0.305 e. The highest BCUT2D eigenvalue weighted by atomic mass is 32.2. The molecule has 2 aromatic heterocycles. The fourth-order valence-corrected chi connectivity index (χ4v) is 7.84. The highest BCUT2D eigenvalue weighted by Gasteiger charge is 2.49. The first-order chi connectivity index (χ1) is 13.8. The molecule has 0 amide bonds. The number of aryl methyl sites for hydroxylation is 1. The Hall–Kier alpha value is -2.45. The van der Waals surface area contributed by atoms with Crippen molar-refractivity contribution in [1.29, 1.82) is 0 Å². The number of nitrogens with zero attached hydrogens (tertiary/aromatic N) is 2. The Morgan fingerprint density at radius 1 is 1.14 bits per heavy atom. The maximum atomic E-state index is 12.9. The van der Waals surface area contributed by atoms with Gasteiger partial charge in [0.15, 0.2) is 9.84 Å². The normalized spacial score (nSPS) is 21.1. The molecule has 152 valence electrons. The van der Waals surface area contributed by atoms with Gasteiger partial charge in [-0.1, -0.05) is 30.7 Å². The lowest BCUT2D eigenvalue weighted by molar-refractivity contribution is -0.137. The maximum Gasteiger partial charge on any atom is 0.305 e. The van der Waals surface area contributed by atoms with Crippen LogP contribution in [0.25, 0.3) is 21.7 Å². The van der Waals surface area contributed by atoms with Crippen molar-refractivity contribution in [2.24, 2.45) is 7.05 Å². The van der Waals surface area contributed by atoms with Crippen molar-refractivity contribution in [3.8, 4) is 21.7 Å². The molecule has 1 aliphatic heterocycles. The lowest BCUT2D eigenvalue weighted by atomic mass is 9.95. The summed E-state index contributed by atoms with van der Waals surface area (Å²) in [5.74, 6) is -1.03. The summed E-state index contributed by atoms with van der Waals surface area (Å²) in [7, 11) is -1.63. The summed E-state index contributed by atoms with van der Waals surface area (Å²) in [6, 6.07) is 13.6. The van der Waals surface area contributed by atoms with E-state index in [1.807, 2.05) is 48.1 Å². The first-order valence-corrected chi connectivity index (χ1v) is 11.9. The molecule has 29 heavy (non-hydrogen) atoms. The molecule has 1 N–H and O–H groups in total. The number of thiophene rings is 1. The molecule has 3 aromatic rings. The summed E-state index contributed by atoms with van der Waals surface area (Å²) in [6.07, 6.45) is 3.05. The molecular weight excluding hydrogens is 408 g/mol. The van der Waals surface area contributed by atoms with Crippen LogP contribution in [0.1, 0.15) is 30.6 Å². The zero-order valence-electron chi connectivity index (χ0n) is 16.0. The van der Waals surface area contributed by atoms with Gasteiger partial charge in [0.05, 0.1) is 17.9 Å². The summed E-state index contributed by atoms with van der Waals surface area (Å²) in [5.41, 5.74) is 3.03. The van der Waals surface area contributed by atoms with Crippen LogP contribution in [-0.2, 0) is 26.4 Å². The van der Waals surface area contributed by atoms with Crippen molar-refractivity contribution in [1.82, 2.24) is 9.78 Å². The van der Waals surface area contributed by atoms with Crippen molar-refractivity contribution in [2.75, 3.05) is 5.75 Å². The molecule has 6 nitrogen and oxygen atoms in total. The minimum Gasteiger partial charge on any atom is -0.481 e. The average Bonchev–Trinajstić information content (AvgIpc) is 3.33. The molecule has 3 heterocycles. The minimum absolute atomic E-state index is 0.0485. The first-order valence-electron chi connectivity index (χ1n) is 9.46. The molecule has 1 aromatic carbocycles. The summed E-state index contributed by atoms with van der Waals surface area (Å²) in [4.78, 5) is 13.1. The fraction of sp³-hybridized carbons (Fsp3) is 0.333. The molecule has 1 fully saturated rings. The van der Waals surface area contributed by atoms with E-state index < -0.39 is 20.6 Å². The number of aromatic nitrogens is 2. The first kappa shape index (κ1) is 19.8. The Morgan fingerprint density at radius 3 is 2.48 bits per heavy atom. The van der Waals surface area contributed by atoms with Crippen LogP contribution in [0.3, 0.4) is 0 Å². The van der Waals surface area contributed by atoms with Gasteiger partial charge in [0.1, 0.15) is 4.75 Å². The molecule has 4 rings (SSSR count). The monoisotopic (exact) mass is 430 g/mol. The lowest BCUT2D eigenvalue weighted by Crippen LogP contribution is -2.41. The molecule has 1 atom stereocenters. The van der Waals surface area contributed by atoms with E-state index >= 15 is 0 Å². The molecule has 1 aliphatic rings. The second-order valence-corrected chi connectivity index (χ2v) is 10.9. The van der Waals surface area contributed by atoms with Gasteiger partial charge in [-0.2, -0.15) is 5.10 Å². The molecule has 0 radical (unpaired) electrons. The van der Waals surface area contributed by atoms with Crippen LogP contribution >= 0.6 is 11.3 Å². The van der Waals surface area contributed by atoms with Gasteiger partial charge < -0.3 is 5.11 Å². The number of hydrogen-bond acceptors (Lipinski definition) is 5. The average molecular weight is 431 g/mol. The Morgan fingerprint density at radius 2 is 1.86 bits per heavy atom. The number of carbonyl (C=O) groups is 1. The van der Waals surface area contributed by atoms with Crippen molar-refractivity contribution in [3.05, 3.63) is 53.5 Å². The molecule has 0 bridgehead atoms. The van der Waals surface area contributed by atoms with E-state index in [0.29, 0.717) is 17.7 Å². The molecular formula is C21H22N2O4S2. The fourth-order valence-electron chi connectivity index (χ4n) is 4.06. The van der Waals surface area contributed by atoms with Gasteiger partial charge in [-0.05, 0) is 42.2 Å². The summed E-state index contributed by atoms with van der Waals surface area (Å²) >= 11 is 1.38. The molecule has 1 saturated heterocycles. The molecule has 0 aliphatic carbocycles. The van der Waals surface area contributed by atoms with E-state index in [2.05, 4.69) is 5.10 Å². The maximum absolute atomic E-state index is 12.9. The molecule has 0 spiro atoms. The third-order valence-corrected chi connectivity index (χ3v) is 9.67. The topological polar surface area (TPSA) is 89.3 Å². The van der Waals surface area contributed by atoms with Crippen LogP contribution in [0, 0.1) is 0 Å². The SMILES string of the molecule is Cn1nccc1-c1ccc(-c2ccc([C@@]3(CC(=O)O)CCCCS3(=O)=O)s2)cc1. The lowest BCUT2D eigenvalue weighted by Gasteiger charge is -2.34.